The van der Waals surface area contributed by atoms with Crippen molar-refractivity contribution in [2.75, 3.05) is 12.4 Å². The Kier molecular flexibility index (Phi) is 9.00. The van der Waals surface area contributed by atoms with Gasteiger partial charge < -0.3 is 4.74 Å². The van der Waals surface area contributed by atoms with Crippen molar-refractivity contribution >= 4 is 22.4 Å². The van der Waals surface area contributed by atoms with Crippen LogP contribution in [0.5, 0.6) is 0 Å². The maximum absolute atomic E-state index is 13.3. The summed E-state index contributed by atoms with van der Waals surface area (Å²) in [5, 5.41) is 0.624. The second-order valence-electron chi connectivity index (χ2n) is 9.35. The van der Waals surface area contributed by atoms with E-state index in [-0.39, 0.29) is 5.75 Å². The van der Waals surface area contributed by atoms with Crippen LogP contribution in [0.3, 0.4) is 0 Å². The largest absolute Gasteiger partial charge is 0.344 e. The first-order valence-electron chi connectivity index (χ1n) is 12.3. The van der Waals surface area contributed by atoms with E-state index in [4.69, 9.17) is 26.1 Å². The highest BCUT2D eigenvalue weighted by Crippen LogP contribution is 2.41. The van der Waals surface area contributed by atoms with Gasteiger partial charge in [-0.1, -0.05) is 86.9 Å². The van der Waals surface area contributed by atoms with Crippen molar-refractivity contribution in [3.05, 3.63) is 65.2 Å². The Balaban J connectivity index is 1.51. The lowest BCUT2D eigenvalue weighted by molar-refractivity contribution is -0.516. The monoisotopic (exact) mass is 490 g/mol. The van der Waals surface area contributed by atoms with Gasteiger partial charge in [-0.25, -0.2) is 9.78 Å². The quantitative estimate of drug-likeness (QED) is 0.421. The molecule has 4 rings (SSSR count). The molecule has 1 aliphatic heterocycles. The van der Waals surface area contributed by atoms with E-state index >= 15 is 0 Å². The molecule has 6 heteroatoms. The van der Waals surface area contributed by atoms with E-state index < -0.39 is 22.2 Å². The van der Waals surface area contributed by atoms with E-state index in [0.717, 1.165) is 31.2 Å². The summed E-state index contributed by atoms with van der Waals surface area (Å²) in [7, 11) is -1.30. The zero-order valence-corrected chi connectivity index (χ0v) is 20.9. The average Bonchev–Trinajstić information content (AvgIpc) is 2.84. The first-order chi connectivity index (χ1) is 16.1. The molecule has 180 valence electrons. The normalized spacial score (nSPS) is 25.6. The van der Waals surface area contributed by atoms with Crippen LogP contribution in [0.25, 0.3) is 0 Å². The summed E-state index contributed by atoms with van der Waals surface area (Å²) in [6, 6.07) is 17.0. The summed E-state index contributed by atoms with van der Waals surface area (Å²) in [6.07, 6.45) is 12.7. The van der Waals surface area contributed by atoms with Gasteiger partial charge in [0.1, 0.15) is 0 Å². The molecule has 2 aliphatic rings. The zero-order valence-electron chi connectivity index (χ0n) is 19.3. The molecule has 1 aliphatic carbocycles. The Hall–Kier alpha value is -1.24. The molecular formula is C27H35ClO4S. The molecule has 0 N–H and O–H groups in total. The Morgan fingerprint density at radius 2 is 1.33 bits per heavy atom. The van der Waals surface area contributed by atoms with E-state index in [9.17, 15) is 4.21 Å². The van der Waals surface area contributed by atoms with Crippen LogP contribution in [0.4, 0.5) is 0 Å². The van der Waals surface area contributed by atoms with Crippen molar-refractivity contribution in [2.45, 2.75) is 86.9 Å². The van der Waals surface area contributed by atoms with E-state index in [1.54, 1.807) is 24.3 Å². The predicted octanol–water partition coefficient (Wildman–Crippen LogP) is 7.32. The van der Waals surface area contributed by atoms with Crippen molar-refractivity contribution in [1.29, 1.82) is 0 Å². The van der Waals surface area contributed by atoms with Crippen LogP contribution in [-0.2, 0) is 30.9 Å². The SMILES string of the molecule is O=S(CC1(c2ccccc2)COC2(CCCCCCCCCCC2)OO1)c1ccc(Cl)cc1. The number of rotatable bonds is 4. The Morgan fingerprint density at radius 1 is 0.758 bits per heavy atom. The molecule has 1 spiro atoms. The van der Waals surface area contributed by atoms with Gasteiger partial charge in [-0.3, -0.25) is 4.21 Å². The highest BCUT2D eigenvalue weighted by molar-refractivity contribution is 7.85. The Morgan fingerprint density at radius 3 is 1.88 bits per heavy atom. The molecule has 0 aromatic heterocycles. The number of hydrogen-bond acceptors (Lipinski definition) is 4. The van der Waals surface area contributed by atoms with Crippen molar-refractivity contribution < 1.29 is 18.7 Å². The molecule has 1 saturated carbocycles. The summed E-state index contributed by atoms with van der Waals surface area (Å²) in [4.78, 5) is 13.1. The van der Waals surface area contributed by atoms with Gasteiger partial charge in [-0.05, 0) is 42.7 Å². The van der Waals surface area contributed by atoms with Crippen molar-refractivity contribution in [2.24, 2.45) is 0 Å². The minimum atomic E-state index is -1.30. The van der Waals surface area contributed by atoms with E-state index in [1.807, 2.05) is 30.3 Å². The minimum absolute atomic E-state index is 0.245. The molecule has 1 heterocycles. The highest BCUT2D eigenvalue weighted by atomic mass is 35.5. The van der Waals surface area contributed by atoms with Gasteiger partial charge in [0.05, 0.1) is 23.2 Å². The topological polar surface area (TPSA) is 44.8 Å². The van der Waals surface area contributed by atoms with Crippen LogP contribution in [0, 0.1) is 0 Å². The predicted molar refractivity (Wildman–Crippen MR) is 132 cm³/mol. The fourth-order valence-corrected chi connectivity index (χ4v) is 6.19. The number of halogens is 1. The highest BCUT2D eigenvalue weighted by Gasteiger charge is 2.48. The zero-order chi connectivity index (χ0) is 23.0. The molecular weight excluding hydrogens is 456 g/mol. The molecule has 0 bridgehead atoms. The maximum Gasteiger partial charge on any atom is 0.201 e. The smallest absolute Gasteiger partial charge is 0.201 e. The summed E-state index contributed by atoms with van der Waals surface area (Å²) in [5.74, 6) is -0.464. The first kappa shape index (κ1) is 24.9. The van der Waals surface area contributed by atoms with Crippen molar-refractivity contribution in [1.82, 2.24) is 0 Å². The molecule has 4 nitrogen and oxygen atoms in total. The third kappa shape index (κ3) is 6.67. The molecule has 0 radical (unpaired) electrons. The summed E-state index contributed by atoms with van der Waals surface area (Å²) in [6.45, 7) is 0.316. The lowest BCUT2D eigenvalue weighted by atomic mass is 9.94. The lowest BCUT2D eigenvalue weighted by Gasteiger charge is -2.45. The van der Waals surface area contributed by atoms with Gasteiger partial charge in [0.2, 0.25) is 5.79 Å². The van der Waals surface area contributed by atoms with Crippen LogP contribution in [0.1, 0.15) is 76.2 Å². The van der Waals surface area contributed by atoms with Crippen LogP contribution >= 0.6 is 11.6 Å². The number of hydrogen-bond donors (Lipinski definition) is 0. The van der Waals surface area contributed by atoms with Gasteiger partial charge in [0.15, 0.2) is 5.60 Å². The van der Waals surface area contributed by atoms with E-state index in [1.165, 1.54) is 44.9 Å². The molecule has 2 aromatic rings. The minimum Gasteiger partial charge on any atom is -0.344 e. The van der Waals surface area contributed by atoms with Crippen molar-refractivity contribution in [3.63, 3.8) is 0 Å². The van der Waals surface area contributed by atoms with Crippen LogP contribution in [0.15, 0.2) is 59.5 Å². The number of ether oxygens (including phenoxy) is 1. The van der Waals surface area contributed by atoms with Gasteiger partial charge in [-0.2, -0.15) is 0 Å². The standard InChI is InChI=1S/C27H35ClO4S/c28-24-15-17-25(18-16-24)33(29)22-26(23-13-9-8-10-14-23)21-30-27(32-31-26)19-11-6-4-2-1-3-5-7-12-20-27/h8-10,13-18H,1-7,11-12,19-22H2. The molecule has 2 atom stereocenters. The molecule has 1 saturated heterocycles. The Labute approximate surface area is 205 Å². The van der Waals surface area contributed by atoms with Crippen LogP contribution in [-0.4, -0.2) is 22.4 Å². The fourth-order valence-electron chi connectivity index (χ4n) is 4.73. The lowest BCUT2D eigenvalue weighted by Crippen LogP contribution is -2.53. The second-order valence-corrected chi connectivity index (χ2v) is 11.2. The van der Waals surface area contributed by atoms with E-state index in [2.05, 4.69) is 0 Å². The third-order valence-corrected chi connectivity index (χ3v) is 8.56. The maximum atomic E-state index is 13.3. The van der Waals surface area contributed by atoms with Gasteiger partial charge in [0.25, 0.3) is 0 Å². The van der Waals surface area contributed by atoms with Gasteiger partial charge in [0, 0.05) is 22.8 Å². The second kappa shape index (κ2) is 11.9. The summed E-state index contributed by atoms with van der Waals surface area (Å²) < 4.78 is 19.8. The molecule has 2 aromatic carbocycles. The fraction of sp³-hybridized carbons (Fsp3) is 0.556. The average molecular weight is 491 g/mol. The van der Waals surface area contributed by atoms with Gasteiger partial charge >= 0.3 is 0 Å². The van der Waals surface area contributed by atoms with E-state index in [0.29, 0.717) is 16.5 Å². The van der Waals surface area contributed by atoms with Crippen molar-refractivity contribution in [3.8, 4) is 0 Å². The molecule has 2 fully saturated rings. The van der Waals surface area contributed by atoms with Gasteiger partial charge in [-0.15, -0.1) is 0 Å². The summed E-state index contributed by atoms with van der Waals surface area (Å²) >= 11 is 6.02. The molecule has 0 amide bonds. The number of benzene rings is 2. The molecule has 2 unspecified atom stereocenters. The Bertz CT molecular complexity index is 865. The summed E-state index contributed by atoms with van der Waals surface area (Å²) in [5.41, 5.74) is -0.0175. The molecule has 33 heavy (non-hydrogen) atoms. The first-order valence-corrected chi connectivity index (χ1v) is 14.0. The van der Waals surface area contributed by atoms with Crippen LogP contribution in [0.2, 0.25) is 5.02 Å². The third-order valence-electron chi connectivity index (χ3n) is 6.78. The van der Waals surface area contributed by atoms with Crippen LogP contribution < -0.4 is 0 Å².